The number of hydrogen-bond acceptors (Lipinski definition) is 0. The van der Waals surface area contributed by atoms with Crippen molar-refractivity contribution in [1.82, 2.24) is 0 Å². The van der Waals surface area contributed by atoms with Gasteiger partial charge in [-0.15, -0.1) is 0 Å². The van der Waals surface area contributed by atoms with Crippen LogP contribution < -0.4 is 0 Å². The quantitative estimate of drug-likeness (QED) is 0.245. The Balaban J connectivity index is 2.77. The van der Waals surface area contributed by atoms with E-state index in [4.69, 9.17) is 0 Å². The largest absolute Gasteiger partial charge is 0.384 e. The van der Waals surface area contributed by atoms with Gasteiger partial charge in [0.15, 0.2) is 0 Å². The van der Waals surface area contributed by atoms with Gasteiger partial charge in [-0.05, 0) is 12.8 Å². The Kier molecular flexibility index (Phi) is 4.43. The SMILES string of the molecule is FC1(F)C(F)(F)C(F)(F)C(F)(C2CCCCC2I)C(F)(F)C1(F)F. The Morgan fingerprint density at radius 1 is 0.542 bits per heavy atom. The Morgan fingerprint density at radius 2 is 0.875 bits per heavy atom. The summed E-state index contributed by atoms with van der Waals surface area (Å²) < 4.78 is 149. The summed E-state index contributed by atoms with van der Waals surface area (Å²) in [7, 11) is 0. The molecule has 12 heteroatoms. The molecule has 2 unspecified atom stereocenters. The highest BCUT2D eigenvalue weighted by Crippen LogP contribution is 2.72. The van der Waals surface area contributed by atoms with Crippen LogP contribution >= 0.6 is 22.6 Å². The molecule has 0 saturated heterocycles. The summed E-state index contributed by atoms with van der Waals surface area (Å²) in [4.78, 5) is 0. The predicted octanol–water partition coefficient (Wildman–Crippen LogP) is 5.88. The molecule has 2 rings (SSSR count). The number of hydrogen-bond donors (Lipinski definition) is 0. The molecule has 24 heavy (non-hydrogen) atoms. The van der Waals surface area contributed by atoms with Crippen LogP contribution in [0.2, 0.25) is 0 Å². The topological polar surface area (TPSA) is 0 Å². The average Bonchev–Trinajstić information content (AvgIpc) is 2.44. The monoisotopic (exact) mass is 490 g/mol. The zero-order valence-corrected chi connectivity index (χ0v) is 13.7. The maximum absolute atomic E-state index is 14.8. The summed E-state index contributed by atoms with van der Waals surface area (Å²) in [6.45, 7) is 0. The molecule has 2 aliphatic rings. The van der Waals surface area contributed by atoms with E-state index in [9.17, 15) is 48.3 Å². The van der Waals surface area contributed by atoms with Gasteiger partial charge >= 0.3 is 29.6 Å². The molecular formula is C12H10F11I. The smallest absolute Gasteiger partial charge is 0.230 e. The molecule has 0 aromatic carbocycles. The molecule has 0 aromatic rings. The third-order valence-electron chi connectivity index (χ3n) is 4.68. The summed E-state index contributed by atoms with van der Waals surface area (Å²) in [5, 5.41) is 0. The van der Waals surface area contributed by atoms with Gasteiger partial charge in [-0.3, -0.25) is 0 Å². The maximum Gasteiger partial charge on any atom is 0.384 e. The molecule has 0 N–H and O–H groups in total. The van der Waals surface area contributed by atoms with E-state index in [0.29, 0.717) is 0 Å². The van der Waals surface area contributed by atoms with E-state index in [1.54, 1.807) is 0 Å². The molecule has 142 valence electrons. The fourth-order valence-corrected chi connectivity index (χ4v) is 4.54. The van der Waals surface area contributed by atoms with Crippen LogP contribution in [0.1, 0.15) is 25.7 Å². The molecular weight excluding hydrogens is 480 g/mol. The summed E-state index contributed by atoms with van der Waals surface area (Å²) in [5.74, 6) is -37.1. The fraction of sp³-hybridized carbons (Fsp3) is 1.00. The minimum Gasteiger partial charge on any atom is -0.230 e. The first-order chi connectivity index (χ1) is 10.5. The van der Waals surface area contributed by atoms with Crippen molar-refractivity contribution in [3.05, 3.63) is 0 Å². The van der Waals surface area contributed by atoms with Crippen LogP contribution in [0.4, 0.5) is 48.3 Å². The van der Waals surface area contributed by atoms with Gasteiger partial charge in [0, 0.05) is 9.84 Å². The maximum atomic E-state index is 14.8. The predicted molar refractivity (Wildman–Crippen MR) is 68.3 cm³/mol. The van der Waals surface area contributed by atoms with Crippen LogP contribution in [0, 0.1) is 5.92 Å². The second kappa shape index (κ2) is 5.24. The third kappa shape index (κ3) is 1.92. The lowest BCUT2D eigenvalue weighted by Crippen LogP contribution is -2.85. The molecule has 0 amide bonds. The van der Waals surface area contributed by atoms with Gasteiger partial charge in [0.05, 0.1) is 0 Å². The molecule has 2 atom stereocenters. The van der Waals surface area contributed by atoms with Crippen molar-refractivity contribution < 1.29 is 48.3 Å². The van der Waals surface area contributed by atoms with Crippen LogP contribution in [-0.4, -0.2) is 39.2 Å². The zero-order valence-electron chi connectivity index (χ0n) is 11.5. The van der Waals surface area contributed by atoms with Crippen molar-refractivity contribution in [2.24, 2.45) is 5.92 Å². The molecule has 0 spiro atoms. The lowest BCUT2D eigenvalue weighted by atomic mass is 9.63. The Labute approximate surface area is 142 Å². The molecule has 2 fully saturated rings. The molecule has 0 bridgehead atoms. The minimum absolute atomic E-state index is 0.157. The van der Waals surface area contributed by atoms with Crippen molar-refractivity contribution in [1.29, 1.82) is 0 Å². The normalized spacial score (nSPS) is 38.5. The molecule has 2 aliphatic carbocycles. The first-order valence-electron chi connectivity index (χ1n) is 6.74. The van der Waals surface area contributed by atoms with Crippen molar-refractivity contribution >= 4 is 22.6 Å². The van der Waals surface area contributed by atoms with Gasteiger partial charge in [0.1, 0.15) is 0 Å². The van der Waals surface area contributed by atoms with Crippen LogP contribution in [-0.2, 0) is 0 Å². The Morgan fingerprint density at radius 3 is 1.25 bits per heavy atom. The Hall–Kier alpha value is -0.0400. The fourth-order valence-electron chi connectivity index (χ4n) is 3.25. The third-order valence-corrected chi connectivity index (χ3v) is 6.17. The van der Waals surface area contributed by atoms with Crippen molar-refractivity contribution in [3.8, 4) is 0 Å². The van der Waals surface area contributed by atoms with Gasteiger partial charge in [-0.1, -0.05) is 35.4 Å². The standard InChI is InChI=1S/C12H10F11I/c13-7(5-3-1-2-4-6(5)24)8(14,15)10(18,19)12(22,23)11(20,21)9(7,16)17/h5-6H,1-4H2. The van der Waals surface area contributed by atoms with E-state index in [1.165, 1.54) is 22.6 Å². The van der Waals surface area contributed by atoms with Gasteiger partial charge in [0.2, 0.25) is 0 Å². The van der Waals surface area contributed by atoms with Gasteiger partial charge in [-0.25, -0.2) is 4.39 Å². The van der Waals surface area contributed by atoms with E-state index < -0.39 is 51.5 Å². The highest BCUT2D eigenvalue weighted by molar-refractivity contribution is 14.1. The van der Waals surface area contributed by atoms with E-state index in [1.807, 2.05) is 0 Å². The zero-order chi connectivity index (χ0) is 19.0. The van der Waals surface area contributed by atoms with Crippen LogP contribution in [0.5, 0.6) is 0 Å². The number of rotatable bonds is 1. The van der Waals surface area contributed by atoms with Crippen LogP contribution in [0.25, 0.3) is 0 Å². The van der Waals surface area contributed by atoms with E-state index in [0.717, 1.165) is 0 Å². The van der Waals surface area contributed by atoms with Gasteiger partial charge in [0.25, 0.3) is 5.67 Å². The number of halogens is 12. The van der Waals surface area contributed by atoms with Gasteiger partial charge in [-0.2, -0.15) is 43.9 Å². The lowest BCUT2D eigenvalue weighted by molar-refractivity contribution is -0.491. The summed E-state index contributed by atoms with van der Waals surface area (Å²) in [5.41, 5.74) is -5.82. The first-order valence-corrected chi connectivity index (χ1v) is 7.98. The van der Waals surface area contributed by atoms with Crippen LogP contribution in [0.15, 0.2) is 0 Å². The molecule has 2 saturated carbocycles. The molecule has 0 radical (unpaired) electrons. The van der Waals surface area contributed by atoms with E-state index >= 15 is 0 Å². The second-order valence-corrected chi connectivity index (χ2v) is 7.59. The minimum atomic E-state index is -7.13. The average molecular weight is 490 g/mol. The van der Waals surface area contributed by atoms with Crippen LogP contribution in [0.3, 0.4) is 0 Å². The Bertz CT molecular complexity index is 485. The lowest BCUT2D eigenvalue weighted by Gasteiger charge is -2.56. The second-order valence-electron chi connectivity index (χ2n) is 5.99. The van der Waals surface area contributed by atoms with Crippen molar-refractivity contribution in [2.75, 3.05) is 0 Å². The summed E-state index contributed by atoms with van der Waals surface area (Å²) in [6.07, 6.45) is -0.903. The molecule has 0 heterocycles. The first kappa shape index (κ1) is 20.3. The molecule has 0 aromatic heterocycles. The van der Waals surface area contributed by atoms with Gasteiger partial charge < -0.3 is 0 Å². The summed E-state index contributed by atoms with van der Waals surface area (Å²) >= 11 is 1.21. The van der Waals surface area contributed by atoms with Crippen molar-refractivity contribution in [3.63, 3.8) is 0 Å². The highest BCUT2D eigenvalue weighted by Gasteiger charge is 3.01. The molecule has 0 nitrogen and oxygen atoms in total. The van der Waals surface area contributed by atoms with E-state index in [2.05, 4.69) is 0 Å². The molecule has 0 aliphatic heterocycles. The van der Waals surface area contributed by atoms with E-state index in [-0.39, 0.29) is 19.3 Å². The highest BCUT2D eigenvalue weighted by atomic mass is 127. The summed E-state index contributed by atoms with van der Waals surface area (Å²) in [6, 6.07) is 0. The number of alkyl halides is 12. The van der Waals surface area contributed by atoms with Crippen molar-refractivity contribution in [2.45, 2.75) is 64.9 Å².